The number of carbonyl (C=O) groups excluding carboxylic acids is 2. The van der Waals surface area contributed by atoms with Crippen molar-refractivity contribution in [2.75, 3.05) is 11.4 Å². The van der Waals surface area contributed by atoms with Gasteiger partial charge in [0.2, 0.25) is 11.8 Å². The molecule has 4 nitrogen and oxygen atoms in total. The molecule has 4 heteroatoms. The first kappa shape index (κ1) is 17.3. The normalized spacial score (nSPS) is 17.9. The predicted molar refractivity (Wildman–Crippen MR) is 107 cm³/mol. The average Bonchev–Trinajstić information content (AvgIpc) is 3.10. The van der Waals surface area contributed by atoms with Gasteiger partial charge in [-0.05, 0) is 23.9 Å². The van der Waals surface area contributed by atoms with Crippen molar-refractivity contribution in [3.05, 3.63) is 78.4 Å². The molecule has 1 saturated heterocycles. The van der Waals surface area contributed by atoms with Gasteiger partial charge in [-0.3, -0.25) is 9.59 Å². The van der Waals surface area contributed by atoms with Crippen LogP contribution in [-0.4, -0.2) is 18.4 Å². The molecule has 0 radical (unpaired) electrons. The van der Waals surface area contributed by atoms with Crippen LogP contribution in [0.4, 0.5) is 5.69 Å². The fraction of sp³-hybridized carbons (Fsp3) is 0.217. The highest BCUT2D eigenvalue weighted by atomic mass is 16.2. The van der Waals surface area contributed by atoms with Crippen LogP contribution in [0.5, 0.6) is 0 Å². The lowest BCUT2D eigenvalue weighted by molar-refractivity contribution is -0.126. The molecule has 1 heterocycles. The molecule has 27 heavy (non-hydrogen) atoms. The molecule has 0 unspecified atom stereocenters. The topological polar surface area (TPSA) is 49.4 Å². The van der Waals surface area contributed by atoms with Gasteiger partial charge in [0.25, 0.3) is 0 Å². The molecule has 1 fully saturated rings. The number of nitrogens with zero attached hydrogens (tertiary/aromatic N) is 1. The van der Waals surface area contributed by atoms with Gasteiger partial charge < -0.3 is 10.2 Å². The van der Waals surface area contributed by atoms with Gasteiger partial charge in [0.05, 0.1) is 17.6 Å². The number of amides is 2. The van der Waals surface area contributed by atoms with Crippen molar-refractivity contribution < 1.29 is 9.59 Å². The Labute approximate surface area is 158 Å². The lowest BCUT2D eigenvalue weighted by Crippen LogP contribution is -2.34. The average molecular weight is 358 g/mol. The Hall–Kier alpha value is -3.14. The molecular formula is C23H22N2O2. The van der Waals surface area contributed by atoms with Crippen molar-refractivity contribution in [3.8, 4) is 0 Å². The highest BCUT2D eigenvalue weighted by Crippen LogP contribution is 2.32. The van der Waals surface area contributed by atoms with Crippen molar-refractivity contribution in [2.24, 2.45) is 5.92 Å². The number of fused-ring (bicyclic) bond motifs is 1. The van der Waals surface area contributed by atoms with Crippen molar-refractivity contribution in [1.82, 2.24) is 5.32 Å². The van der Waals surface area contributed by atoms with Crippen molar-refractivity contribution in [3.63, 3.8) is 0 Å². The molecule has 0 saturated carbocycles. The molecule has 0 spiro atoms. The summed E-state index contributed by atoms with van der Waals surface area (Å²) < 4.78 is 0. The summed E-state index contributed by atoms with van der Waals surface area (Å²) in [6.45, 7) is 2.38. The van der Waals surface area contributed by atoms with Gasteiger partial charge in [-0.15, -0.1) is 0 Å². The lowest BCUT2D eigenvalue weighted by atomic mass is 10.0. The number of rotatable bonds is 4. The molecule has 0 aliphatic carbocycles. The first-order valence-corrected chi connectivity index (χ1v) is 9.27. The Bertz CT molecular complexity index is 979. The van der Waals surface area contributed by atoms with Crippen LogP contribution >= 0.6 is 0 Å². The van der Waals surface area contributed by atoms with Gasteiger partial charge in [0.15, 0.2) is 0 Å². The van der Waals surface area contributed by atoms with Crippen LogP contribution in [0.3, 0.4) is 0 Å². The van der Waals surface area contributed by atoms with E-state index in [1.165, 1.54) is 0 Å². The Morgan fingerprint density at radius 3 is 2.52 bits per heavy atom. The van der Waals surface area contributed by atoms with Crippen LogP contribution in [0.15, 0.2) is 72.8 Å². The minimum atomic E-state index is -0.331. The summed E-state index contributed by atoms with van der Waals surface area (Å²) in [4.78, 5) is 27.1. The third-order valence-electron chi connectivity index (χ3n) is 5.21. The Morgan fingerprint density at radius 2 is 1.70 bits per heavy atom. The summed E-state index contributed by atoms with van der Waals surface area (Å²) in [5.74, 6) is -0.399. The maximum absolute atomic E-state index is 12.7. The summed E-state index contributed by atoms with van der Waals surface area (Å²) in [5.41, 5.74) is 1.94. The van der Waals surface area contributed by atoms with Crippen LogP contribution < -0.4 is 10.2 Å². The van der Waals surface area contributed by atoms with E-state index in [4.69, 9.17) is 0 Å². The zero-order valence-electron chi connectivity index (χ0n) is 15.3. The van der Waals surface area contributed by atoms with Crippen LogP contribution in [0.1, 0.15) is 24.9 Å². The van der Waals surface area contributed by atoms with Gasteiger partial charge in [0, 0.05) is 18.4 Å². The number of carbonyl (C=O) groups is 2. The molecule has 4 rings (SSSR count). The van der Waals surface area contributed by atoms with Gasteiger partial charge in [-0.1, -0.05) is 66.7 Å². The zero-order valence-corrected chi connectivity index (χ0v) is 15.3. The summed E-state index contributed by atoms with van der Waals surface area (Å²) in [7, 11) is 0. The number of benzene rings is 3. The van der Waals surface area contributed by atoms with E-state index in [-0.39, 0.29) is 30.2 Å². The number of hydrogen-bond acceptors (Lipinski definition) is 2. The molecule has 1 aliphatic heterocycles. The van der Waals surface area contributed by atoms with E-state index in [2.05, 4.69) is 5.32 Å². The maximum atomic E-state index is 12.7. The number of anilines is 1. The number of hydrogen-bond donors (Lipinski definition) is 1. The van der Waals surface area contributed by atoms with Crippen molar-refractivity contribution >= 4 is 28.3 Å². The van der Waals surface area contributed by atoms with Crippen LogP contribution in [0.25, 0.3) is 10.8 Å². The van der Waals surface area contributed by atoms with Crippen molar-refractivity contribution in [2.45, 2.75) is 19.4 Å². The van der Waals surface area contributed by atoms with Crippen LogP contribution in [-0.2, 0) is 9.59 Å². The molecule has 3 aromatic rings. The lowest BCUT2D eigenvalue weighted by Gasteiger charge is -2.20. The molecule has 0 bridgehead atoms. The molecule has 3 aromatic carbocycles. The minimum Gasteiger partial charge on any atom is -0.349 e. The van der Waals surface area contributed by atoms with E-state index in [1.54, 1.807) is 4.90 Å². The Balaban J connectivity index is 1.51. The summed E-state index contributed by atoms with van der Waals surface area (Å²) in [6, 6.07) is 23.7. The molecule has 1 N–H and O–H groups in total. The SMILES string of the molecule is C[C@@H](NC(=O)[C@@H]1CC(=O)N(c2cccc3ccccc23)C1)c1ccccc1. The third kappa shape index (κ3) is 3.43. The highest BCUT2D eigenvalue weighted by molar-refractivity contribution is 6.07. The smallest absolute Gasteiger partial charge is 0.227 e. The predicted octanol–water partition coefficient (Wildman–Crippen LogP) is 4.07. The quantitative estimate of drug-likeness (QED) is 0.764. The second-order valence-corrected chi connectivity index (χ2v) is 7.04. The first-order chi connectivity index (χ1) is 13.1. The molecule has 1 aliphatic rings. The fourth-order valence-corrected chi connectivity index (χ4v) is 3.72. The molecule has 2 amide bonds. The largest absolute Gasteiger partial charge is 0.349 e. The third-order valence-corrected chi connectivity index (χ3v) is 5.21. The molecule has 0 aromatic heterocycles. The van der Waals surface area contributed by atoms with Crippen LogP contribution in [0, 0.1) is 5.92 Å². The van der Waals surface area contributed by atoms with E-state index in [0.29, 0.717) is 6.54 Å². The summed E-state index contributed by atoms with van der Waals surface area (Å²) in [5, 5.41) is 5.18. The Morgan fingerprint density at radius 1 is 1.00 bits per heavy atom. The van der Waals surface area contributed by atoms with Gasteiger partial charge in [-0.25, -0.2) is 0 Å². The van der Waals surface area contributed by atoms with E-state index >= 15 is 0 Å². The van der Waals surface area contributed by atoms with Crippen molar-refractivity contribution in [1.29, 1.82) is 0 Å². The molecular weight excluding hydrogens is 336 g/mol. The second-order valence-electron chi connectivity index (χ2n) is 7.04. The summed E-state index contributed by atoms with van der Waals surface area (Å²) >= 11 is 0. The van der Waals surface area contributed by atoms with Gasteiger partial charge in [-0.2, -0.15) is 0 Å². The van der Waals surface area contributed by atoms with E-state index < -0.39 is 0 Å². The monoisotopic (exact) mass is 358 g/mol. The Kier molecular flexibility index (Phi) is 4.63. The summed E-state index contributed by atoms with van der Waals surface area (Å²) in [6.07, 6.45) is 0.247. The maximum Gasteiger partial charge on any atom is 0.227 e. The first-order valence-electron chi connectivity index (χ1n) is 9.27. The minimum absolute atomic E-state index is 0.00105. The van der Waals surface area contributed by atoms with Gasteiger partial charge in [0.1, 0.15) is 0 Å². The number of nitrogens with one attached hydrogen (secondary N) is 1. The standard InChI is InChI=1S/C23H22N2O2/c1-16(17-8-3-2-4-9-17)24-23(27)19-14-22(26)25(15-19)21-13-7-11-18-10-5-6-12-20(18)21/h2-13,16,19H,14-15H2,1H3,(H,24,27)/t16-,19-/m1/s1. The zero-order chi connectivity index (χ0) is 18.8. The van der Waals surface area contributed by atoms with Crippen LogP contribution in [0.2, 0.25) is 0 Å². The second kappa shape index (κ2) is 7.23. The van der Waals surface area contributed by atoms with Gasteiger partial charge >= 0.3 is 0 Å². The van der Waals surface area contributed by atoms with E-state index in [1.807, 2.05) is 79.7 Å². The fourth-order valence-electron chi connectivity index (χ4n) is 3.72. The molecule has 136 valence electrons. The molecule has 2 atom stereocenters. The van der Waals surface area contributed by atoms with E-state index in [9.17, 15) is 9.59 Å². The van der Waals surface area contributed by atoms with E-state index in [0.717, 1.165) is 22.0 Å². The highest BCUT2D eigenvalue weighted by Gasteiger charge is 2.36.